The highest BCUT2D eigenvalue weighted by molar-refractivity contribution is 5.80. The fraction of sp³-hybridized carbons (Fsp3) is 0.938. The molecule has 0 radical (unpaired) electrons. The van der Waals surface area contributed by atoms with Crippen LogP contribution >= 0.6 is 0 Å². The van der Waals surface area contributed by atoms with Crippen molar-refractivity contribution in [1.82, 2.24) is 4.90 Å². The van der Waals surface area contributed by atoms with Gasteiger partial charge in [0, 0.05) is 19.1 Å². The van der Waals surface area contributed by atoms with Crippen molar-refractivity contribution in [2.75, 3.05) is 7.05 Å². The van der Waals surface area contributed by atoms with E-state index in [9.17, 15) is 4.79 Å². The lowest BCUT2D eigenvalue weighted by atomic mass is 9.83. The molecule has 3 nitrogen and oxygen atoms in total. The summed E-state index contributed by atoms with van der Waals surface area (Å²) in [6.45, 7) is 0. The Morgan fingerprint density at radius 1 is 1.00 bits per heavy atom. The van der Waals surface area contributed by atoms with Crippen LogP contribution in [0.1, 0.15) is 57.8 Å². The lowest BCUT2D eigenvalue weighted by Gasteiger charge is -2.34. The van der Waals surface area contributed by atoms with Crippen LogP contribution in [0.15, 0.2) is 0 Å². The molecule has 3 aliphatic carbocycles. The summed E-state index contributed by atoms with van der Waals surface area (Å²) < 4.78 is 0. The van der Waals surface area contributed by atoms with Gasteiger partial charge in [-0.2, -0.15) is 0 Å². The Kier molecular flexibility index (Phi) is 3.84. The normalized spacial score (nSPS) is 39.3. The molecule has 0 saturated heterocycles. The highest BCUT2D eigenvalue weighted by Gasteiger charge is 2.50. The first-order valence-electron chi connectivity index (χ1n) is 8.20. The lowest BCUT2D eigenvalue weighted by Crippen LogP contribution is -2.48. The van der Waals surface area contributed by atoms with E-state index < -0.39 is 0 Å². The lowest BCUT2D eigenvalue weighted by molar-refractivity contribution is -0.138. The van der Waals surface area contributed by atoms with Crippen molar-refractivity contribution in [3.05, 3.63) is 0 Å². The Morgan fingerprint density at radius 3 is 2.21 bits per heavy atom. The molecule has 4 unspecified atom stereocenters. The van der Waals surface area contributed by atoms with Crippen LogP contribution in [-0.2, 0) is 4.79 Å². The molecule has 3 fully saturated rings. The van der Waals surface area contributed by atoms with Crippen LogP contribution in [0.3, 0.4) is 0 Å². The molecule has 4 atom stereocenters. The van der Waals surface area contributed by atoms with Crippen molar-refractivity contribution in [2.45, 2.75) is 69.9 Å². The standard InChI is InChI=1S/C16H28N2O/c1-18(13-6-4-2-3-5-7-13)16(19)14-11-8-9-12(10-11)15(14)17/h11-15H,2-10,17H2,1H3. The number of fused-ring (bicyclic) bond motifs is 2. The molecule has 0 aromatic heterocycles. The van der Waals surface area contributed by atoms with Gasteiger partial charge in [0.15, 0.2) is 0 Å². The maximum absolute atomic E-state index is 12.8. The number of carbonyl (C=O) groups excluding carboxylic acids is 1. The highest BCUT2D eigenvalue weighted by atomic mass is 16.2. The second kappa shape index (κ2) is 5.43. The number of nitrogens with two attached hydrogens (primary N) is 1. The zero-order valence-electron chi connectivity index (χ0n) is 12.2. The molecule has 3 rings (SSSR count). The largest absolute Gasteiger partial charge is 0.342 e. The quantitative estimate of drug-likeness (QED) is 0.779. The smallest absolute Gasteiger partial charge is 0.227 e. The van der Waals surface area contributed by atoms with E-state index in [0.717, 1.165) is 0 Å². The van der Waals surface area contributed by atoms with Crippen LogP contribution in [0.4, 0.5) is 0 Å². The first kappa shape index (κ1) is 13.4. The first-order valence-corrected chi connectivity index (χ1v) is 8.20. The van der Waals surface area contributed by atoms with Gasteiger partial charge in [-0.3, -0.25) is 4.79 Å². The van der Waals surface area contributed by atoms with E-state index in [-0.39, 0.29) is 12.0 Å². The molecular weight excluding hydrogens is 236 g/mol. The van der Waals surface area contributed by atoms with Crippen molar-refractivity contribution in [3.63, 3.8) is 0 Å². The van der Waals surface area contributed by atoms with Crippen molar-refractivity contribution < 1.29 is 4.79 Å². The van der Waals surface area contributed by atoms with E-state index in [0.29, 0.717) is 23.8 Å². The summed E-state index contributed by atoms with van der Waals surface area (Å²) in [5.41, 5.74) is 6.32. The van der Waals surface area contributed by atoms with Crippen molar-refractivity contribution in [2.24, 2.45) is 23.5 Å². The summed E-state index contributed by atoms with van der Waals surface area (Å²) in [7, 11) is 2.02. The van der Waals surface area contributed by atoms with E-state index in [1.54, 1.807) is 0 Å². The number of rotatable bonds is 2. The molecule has 1 amide bonds. The van der Waals surface area contributed by atoms with E-state index in [4.69, 9.17) is 5.73 Å². The third-order valence-corrected chi connectivity index (χ3v) is 5.99. The fourth-order valence-corrected chi connectivity index (χ4v) is 4.76. The molecule has 0 aromatic carbocycles. The topological polar surface area (TPSA) is 46.3 Å². The summed E-state index contributed by atoms with van der Waals surface area (Å²) >= 11 is 0. The van der Waals surface area contributed by atoms with E-state index >= 15 is 0 Å². The number of hydrogen-bond acceptors (Lipinski definition) is 2. The molecule has 2 bridgehead atoms. The minimum Gasteiger partial charge on any atom is -0.342 e. The van der Waals surface area contributed by atoms with E-state index in [1.165, 1.54) is 57.8 Å². The van der Waals surface area contributed by atoms with Crippen LogP contribution < -0.4 is 5.73 Å². The predicted molar refractivity (Wildman–Crippen MR) is 76.6 cm³/mol. The molecule has 108 valence electrons. The summed E-state index contributed by atoms with van der Waals surface area (Å²) in [4.78, 5) is 14.9. The Morgan fingerprint density at radius 2 is 1.63 bits per heavy atom. The Labute approximate surface area is 116 Å². The van der Waals surface area contributed by atoms with Gasteiger partial charge in [-0.15, -0.1) is 0 Å². The zero-order chi connectivity index (χ0) is 13.4. The van der Waals surface area contributed by atoms with Crippen molar-refractivity contribution in [3.8, 4) is 0 Å². The summed E-state index contributed by atoms with van der Waals surface area (Å²) in [5, 5.41) is 0. The fourth-order valence-electron chi connectivity index (χ4n) is 4.76. The van der Waals surface area contributed by atoms with Gasteiger partial charge in [0.2, 0.25) is 5.91 Å². The molecular formula is C16H28N2O. The van der Waals surface area contributed by atoms with Crippen LogP contribution in [0.2, 0.25) is 0 Å². The van der Waals surface area contributed by atoms with E-state index in [2.05, 4.69) is 4.90 Å². The average Bonchev–Trinajstić information content (AvgIpc) is 2.88. The number of carbonyl (C=O) groups is 1. The minimum absolute atomic E-state index is 0.131. The second-order valence-electron chi connectivity index (χ2n) is 7.03. The molecule has 3 aliphatic rings. The molecule has 0 spiro atoms. The third kappa shape index (κ3) is 2.42. The number of amides is 1. The van der Waals surface area contributed by atoms with Gasteiger partial charge in [-0.05, 0) is 43.9 Å². The molecule has 3 heteroatoms. The van der Waals surface area contributed by atoms with Crippen molar-refractivity contribution >= 4 is 5.91 Å². The predicted octanol–water partition coefficient (Wildman–Crippen LogP) is 2.54. The van der Waals surface area contributed by atoms with Crippen LogP contribution in [0.5, 0.6) is 0 Å². The van der Waals surface area contributed by atoms with Gasteiger partial charge in [0.1, 0.15) is 0 Å². The molecule has 0 aliphatic heterocycles. The maximum atomic E-state index is 12.8. The minimum atomic E-state index is 0.131. The monoisotopic (exact) mass is 264 g/mol. The van der Waals surface area contributed by atoms with Gasteiger partial charge in [0.25, 0.3) is 0 Å². The van der Waals surface area contributed by atoms with Crippen molar-refractivity contribution in [1.29, 1.82) is 0 Å². The molecule has 0 heterocycles. The van der Waals surface area contributed by atoms with Gasteiger partial charge in [-0.25, -0.2) is 0 Å². The summed E-state index contributed by atoms with van der Waals surface area (Å²) in [5.74, 6) is 1.70. The molecule has 3 saturated carbocycles. The van der Waals surface area contributed by atoms with Gasteiger partial charge in [0.05, 0.1) is 5.92 Å². The SMILES string of the molecule is CN(C(=O)C1C2CCC(C2)C1N)C1CCCCCC1. The Hall–Kier alpha value is -0.570. The van der Waals surface area contributed by atoms with Gasteiger partial charge >= 0.3 is 0 Å². The molecule has 0 aromatic rings. The molecule has 19 heavy (non-hydrogen) atoms. The third-order valence-electron chi connectivity index (χ3n) is 5.99. The van der Waals surface area contributed by atoms with Gasteiger partial charge in [-0.1, -0.05) is 25.7 Å². The average molecular weight is 264 g/mol. The Bertz CT molecular complexity index is 334. The van der Waals surface area contributed by atoms with Crippen LogP contribution in [0.25, 0.3) is 0 Å². The highest BCUT2D eigenvalue weighted by Crippen LogP contribution is 2.48. The summed E-state index contributed by atoms with van der Waals surface area (Å²) in [6.07, 6.45) is 11.3. The molecule has 2 N–H and O–H groups in total. The first-order chi connectivity index (χ1) is 9.18. The van der Waals surface area contributed by atoms with E-state index in [1.807, 2.05) is 7.05 Å². The van der Waals surface area contributed by atoms with Crippen LogP contribution in [-0.4, -0.2) is 29.9 Å². The summed E-state index contributed by atoms with van der Waals surface area (Å²) in [6, 6.07) is 0.612. The number of nitrogens with zero attached hydrogens (tertiary/aromatic N) is 1. The maximum Gasteiger partial charge on any atom is 0.227 e. The Balaban J connectivity index is 1.66. The zero-order valence-corrected chi connectivity index (χ0v) is 12.2. The van der Waals surface area contributed by atoms with Crippen LogP contribution in [0, 0.1) is 17.8 Å². The van der Waals surface area contributed by atoms with Gasteiger partial charge < -0.3 is 10.6 Å². The second-order valence-corrected chi connectivity index (χ2v) is 7.03. The number of hydrogen-bond donors (Lipinski definition) is 1.